The van der Waals surface area contributed by atoms with E-state index in [-0.39, 0.29) is 5.41 Å². The van der Waals surface area contributed by atoms with Gasteiger partial charge in [0.2, 0.25) is 0 Å². The highest BCUT2D eigenvalue weighted by Crippen LogP contribution is 2.53. The molecule has 2 aromatic heterocycles. The summed E-state index contributed by atoms with van der Waals surface area (Å²) in [6.07, 6.45) is 9.10. The van der Waals surface area contributed by atoms with E-state index in [0.717, 1.165) is 39.5 Å². The zero-order chi connectivity index (χ0) is 31.7. The Labute approximate surface area is 278 Å². The maximum atomic E-state index is 5.65. The molecule has 3 aliphatic rings. The summed E-state index contributed by atoms with van der Waals surface area (Å²) in [6.45, 7) is 4.63. The quantitative estimate of drug-likeness (QED) is 0.194. The van der Waals surface area contributed by atoms with Crippen molar-refractivity contribution in [3.05, 3.63) is 162 Å². The first-order chi connectivity index (χ1) is 23.6. The number of benzene rings is 6. The molecule has 226 valence electrons. The van der Waals surface area contributed by atoms with Gasteiger partial charge < -0.3 is 0 Å². The molecule has 2 unspecified atom stereocenters. The first-order valence-corrected chi connectivity index (χ1v) is 16.9. The number of allylic oxidation sites excluding steroid dienone is 4. The molecule has 0 bridgehead atoms. The zero-order valence-electron chi connectivity index (χ0n) is 26.8. The van der Waals surface area contributed by atoms with Gasteiger partial charge in [-0.05, 0) is 62.0 Å². The summed E-state index contributed by atoms with van der Waals surface area (Å²) < 4.78 is 2.41. The van der Waals surface area contributed by atoms with Gasteiger partial charge in [0, 0.05) is 39.2 Å². The lowest BCUT2D eigenvalue weighted by atomic mass is 9.85. The molecule has 0 radical (unpaired) electrons. The van der Waals surface area contributed by atoms with Crippen LogP contribution in [0.4, 0.5) is 0 Å². The van der Waals surface area contributed by atoms with Crippen molar-refractivity contribution in [3.63, 3.8) is 0 Å². The number of nitrogens with zero attached hydrogens (tertiary/aromatic N) is 3. The molecule has 0 N–H and O–H groups in total. The summed E-state index contributed by atoms with van der Waals surface area (Å²) in [6, 6.07) is 42.3. The number of aromatic nitrogens is 3. The number of hydrogen-bond donors (Lipinski definition) is 0. The van der Waals surface area contributed by atoms with Crippen LogP contribution in [0.3, 0.4) is 0 Å². The van der Waals surface area contributed by atoms with E-state index >= 15 is 0 Å². The van der Waals surface area contributed by atoms with E-state index in [1.54, 1.807) is 0 Å². The molecule has 48 heavy (non-hydrogen) atoms. The molecule has 0 fully saturated rings. The second-order valence-corrected chi connectivity index (χ2v) is 14.1. The van der Waals surface area contributed by atoms with Crippen molar-refractivity contribution >= 4 is 43.4 Å². The summed E-state index contributed by atoms with van der Waals surface area (Å²) in [5.41, 5.74) is 10.6. The number of fused-ring (bicyclic) bond motifs is 10. The molecule has 0 amide bonds. The number of hydrogen-bond acceptors (Lipinski definition) is 2. The summed E-state index contributed by atoms with van der Waals surface area (Å²) in [7, 11) is 0. The van der Waals surface area contributed by atoms with Crippen LogP contribution in [0.5, 0.6) is 0 Å². The third-order valence-electron chi connectivity index (χ3n) is 11.3. The fourth-order valence-electron chi connectivity index (χ4n) is 9.10. The predicted molar refractivity (Wildman–Crippen MR) is 198 cm³/mol. The Morgan fingerprint density at radius 2 is 1.29 bits per heavy atom. The molecule has 3 heteroatoms. The van der Waals surface area contributed by atoms with Gasteiger partial charge >= 0.3 is 0 Å². The monoisotopic (exact) mass is 613 g/mol. The minimum atomic E-state index is -0.288. The molecule has 2 heterocycles. The average molecular weight is 614 g/mol. The van der Waals surface area contributed by atoms with Crippen molar-refractivity contribution in [1.29, 1.82) is 0 Å². The molecule has 0 spiro atoms. The van der Waals surface area contributed by atoms with Gasteiger partial charge in [0.25, 0.3) is 0 Å². The first kappa shape index (κ1) is 26.3. The maximum Gasteiger partial charge on any atom is 0.162 e. The van der Waals surface area contributed by atoms with E-state index in [0.29, 0.717) is 11.8 Å². The highest BCUT2D eigenvalue weighted by Gasteiger charge is 2.41. The number of rotatable bonds is 2. The summed E-state index contributed by atoms with van der Waals surface area (Å²) in [5, 5.41) is 7.51. The van der Waals surface area contributed by atoms with Crippen molar-refractivity contribution in [2.45, 2.75) is 31.1 Å². The van der Waals surface area contributed by atoms with Crippen LogP contribution in [0.2, 0.25) is 0 Å². The smallest absolute Gasteiger partial charge is 0.162 e. The summed E-state index contributed by atoms with van der Waals surface area (Å²) in [5.74, 6) is 2.47. The molecule has 8 aromatic rings. The van der Waals surface area contributed by atoms with Crippen LogP contribution < -0.4 is 0 Å². The van der Waals surface area contributed by atoms with Gasteiger partial charge in [-0.3, -0.25) is 4.57 Å². The van der Waals surface area contributed by atoms with Gasteiger partial charge in [0.05, 0.1) is 16.7 Å². The topological polar surface area (TPSA) is 30.7 Å². The van der Waals surface area contributed by atoms with Crippen LogP contribution in [0.15, 0.2) is 140 Å². The van der Waals surface area contributed by atoms with Crippen molar-refractivity contribution < 1.29 is 0 Å². The zero-order valence-corrected chi connectivity index (χ0v) is 26.8. The Morgan fingerprint density at radius 3 is 2.15 bits per heavy atom. The second kappa shape index (κ2) is 9.17. The summed E-state index contributed by atoms with van der Waals surface area (Å²) >= 11 is 0. The average Bonchev–Trinajstić information content (AvgIpc) is 3.71. The molecule has 2 atom stereocenters. The summed E-state index contributed by atoms with van der Waals surface area (Å²) in [4.78, 5) is 11.2. The number of para-hydroxylation sites is 1. The minimum Gasteiger partial charge on any atom is -0.293 e. The Balaban J connectivity index is 1.28. The lowest BCUT2D eigenvalue weighted by Gasteiger charge is -2.22. The van der Waals surface area contributed by atoms with Crippen LogP contribution in [0.1, 0.15) is 48.1 Å². The standard InChI is InChI=1S/C45H31N3/c1-45(2)37-20-9-7-17-35(37)41-42(45)46-43(34-23-22-33-29-15-6-5-14-28(29)31-18-11-19-32(34)40(31)33)47-44(41)48-38-21-10-8-16-30(38)36-24-26-12-3-4-13-27(26)25-39(36)48/h3-25,28-29H,1-2H3. The Morgan fingerprint density at radius 1 is 0.583 bits per heavy atom. The van der Waals surface area contributed by atoms with Crippen molar-refractivity contribution in [3.8, 4) is 28.3 Å². The largest absolute Gasteiger partial charge is 0.293 e. The molecular weight excluding hydrogens is 583 g/mol. The molecule has 0 aliphatic heterocycles. The van der Waals surface area contributed by atoms with Crippen molar-refractivity contribution in [1.82, 2.24) is 14.5 Å². The van der Waals surface area contributed by atoms with E-state index in [9.17, 15) is 0 Å². The lowest BCUT2D eigenvalue weighted by Crippen LogP contribution is -2.18. The Bertz CT molecular complexity index is 2750. The molecule has 6 aromatic carbocycles. The molecule has 11 rings (SSSR count). The Kier molecular flexibility index (Phi) is 5.02. The van der Waals surface area contributed by atoms with Crippen LogP contribution in [-0.2, 0) is 5.41 Å². The van der Waals surface area contributed by atoms with Gasteiger partial charge in [0.15, 0.2) is 5.82 Å². The first-order valence-electron chi connectivity index (χ1n) is 16.9. The highest BCUT2D eigenvalue weighted by atomic mass is 15.1. The minimum absolute atomic E-state index is 0.288. The third-order valence-corrected chi connectivity index (χ3v) is 11.3. The molecule has 0 saturated heterocycles. The lowest BCUT2D eigenvalue weighted by molar-refractivity contribution is 0.635. The molecule has 0 saturated carbocycles. The Hall–Kier alpha value is -5.80. The van der Waals surface area contributed by atoms with E-state index in [2.05, 4.69) is 158 Å². The normalized spacial score (nSPS) is 18.2. The van der Waals surface area contributed by atoms with E-state index < -0.39 is 0 Å². The fraction of sp³-hybridized carbons (Fsp3) is 0.111. The highest BCUT2D eigenvalue weighted by molar-refractivity contribution is 6.14. The van der Waals surface area contributed by atoms with Crippen LogP contribution in [0.25, 0.3) is 71.7 Å². The van der Waals surface area contributed by atoms with E-state index in [1.165, 1.54) is 54.6 Å². The second-order valence-electron chi connectivity index (χ2n) is 14.1. The van der Waals surface area contributed by atoms with Crippen molar-refractivity contribution in [2.75, 3.05) is 0 Å². The van der Waals surface area contributed by atoms with E-state index in [1.807, 2.05) is 0 Å². The molecule has 3 aliphatic carbocycles. The molecular formula is C45H31N3. The van der Waals surface area contributed by atoms with Crippen molar-refractivity contribution in [2.24, 2.45) is 0 Å². The van der Waals surface area contributed by atoms with Gasteiger partial charge in [-0.2, -0.15) is 0 Å². The van der Waals surface area contributed by atoms with Gasteiger partial charge in [-0.25, -0.2) is 9.97 Å². The SMILES string of the molecule is CC1(C)c2ccccc2-c2c(-n3c4ccccc4c4cc5ccccc5cc43)nc(-c3ccc4c5c(cccc35)C3C=CC=CC43)nc21. The van der Waals surface area contributed by atoms with Crippen LogP contribution in [0, 0.1) is 0 Å². The molecule has 3 nitrogen and oxygen atoms in total. The third kappa shape index (κ3) is 3.28. The fourth-order valence-corrected chi connectivity index (χ4v) is 9.10. The van der Waals surface area contributed by atoms with Crippen LogP contribution >= 0.6 is 0 Å². The van der Waals surface area contributed by atoms with Gasteiger partial charge in [0.1, 0.15) is 5.82 Å². The maximum absolute atomic E-state index is 5.65. The van der Waals surface area contributed by atoms with Gasteiger partial charge in [-0.1, -0.05) is 135 Å². The van der Waals surface area contributed by atoms with Crippen LogP contribution in [-0.4, -0.2) is 14.5 Å². The predicted octanol–water partition coefficient (Wildman–Crippen LogP) is 11.2. The van der Waals surface area contributed by atoms with E-state index in [4.69, 9.17) is 9.97 Å². The van der Waals surface area contributed by atoms with Gasteiger partial charge in [-0.15, -0.1) is 0 Å².